The van der Waals surface area contributed by atoms with Crippen molar-refractivity contribution in [3.8, 4) is 5.75 Å². The van der Waals surface area contributed by atoms with Crippen molar-refractivity contribution in [3.63, 3.8) is 0 Å². The molecular formula is C17H20N2O. The van der Waals surface area contributed by atoms with E-state index in [2.05, 4.69) is 42.6 Å². The molecule has 0 aliphatic rings. The van der Waals surface area contributed by atoms with Crippen LogP contribution >= 0.6 is 0 Å². The van der Waals surface area contributed by atoms with Gasteiger partial charge in [-0.3, -0.25) is 0 Å². The Morgan fingerprint density at radius 1 is 1.10 bits per heavy atom. The van der Waals surface area contributed by atoms with Gasteiger partial charge in [-0.2, -0.15) is 5.10 Å². The molecule has 0 aromatic heterocycles. The highest BCUT2D eigenvalue weighted by molar-refractivity contribution is 5.79. The first-order valence-corrected chi connectivity index (χ1v) is 6.68. The fraction of sp³-hybridized carbons (Fsp3) is 0.235. The van der Waals surface area contributed by atoms with Gasteiger partial charge in [0.15, 0.2) is 0 Å². The second-order valence-corrected chi connectivity index (χ2v) is 4.77. The number of ether oxygens (including phenoxy) is 1. The van der Waals surface area contributed by atoms with Crippen molar-refractivity contribution in [3.05, 3.63) is 64.7 Å². The third-order valence-corrected chi connectivity index (χ3v) is 3.12. The fourth-order valence-electron chi connectivity index (χ4n) is 1.91. The molecule has 0 unspecified atom stereocenters. The van der Waals surface area contributed by atoms with Gasteiger partial charge in [-0.05, 0) is 54.8 Å². The second kappa shape index (κ2) is 6.75. The summed E-state index contributed by atoms with van der Waals surface area (Å²) in [6, 6.07) is 14.3. The van der Waals surface area contributed by atoms with Gasteiger partial charge in [-0.1, -0.05) is 23.8 Å². The van der Waals surface area contributed by atoms with Crippen LogP contribution < -0.4 is 10.2 Å². The quantitative estimate of drug-likeness (QED) is 0.665. The topological polar surface area (TPSA) is 33.6 Å². The molecule has 0 saturated carbocycles. The summed E-state index contributed by atoms with van der Waals surface area (Å²) >= 11 is 0. The van der Waals surface area contributed by atoms with Gasteiger partial charge in [0, 0.05) is 7.05 Å². The average molecular weight is 268 g/mol. The van der Waals surface area contributed by atoms with E-state index in [4.69, 9.17) is 4.74 Å². The Hall–Kier alpha value is -2.29. The number of aryl methyl sites for hydroxylation is 2. The molecule has 2 rings (SSSR count). The van der Waals surface area contributed by atoms with E-state index in [1.54, 1.807) is 13.3 Å². The van der Waals surface area contributed by atoms with Crippen molar-refractivity contribution in [1.82, 2.24) is 5.43 Å². The molecule has 0 radical (unpaired) electrons. The highest BCUT2D eigenvalue weighted by atomic mass is 16.5. The second-order valence-electron chi connectivity index (χ2n) is 4.77. The first-order chi connectivity index (χ1) is 9.69. The van der Waals surface area contributed by atoms with Crippen LogP contribution in [-0.4, -0.2) is 13.3 Å². The molecule has 2 aromatic carbocycles. The maximum Gasteiger partial charge on any atom is 0.119 e. The molecule has 3 heteroatoms. The molecule has 0 aliphatic carbocycles. The molecule has 0 amide bonds. The number of nitrogens with zero attached hydrogens (tertiary/aromatic N) is 1. The van der Waals surface area contributed by atoms with Crippen LogP contribution in [-0.2, 0) is 6.61 Å². The van der Waals surface area contributed by atoms with Crippen molar-refractivity contribution >= 4 is 6.21 Å². The smallest absolute Gasteiger partial charge is 0.119 e. The number of rotatable bonds is 5. The van der Waals surface area contributed by atoms with Crippen LogP contribution in [0.2, 0.25) is 0 Å². The van der Waals surface area contributed by atoms with Gasteiger partial charge in [0.25, 0.3) is 0 Å². The number of benzene rings is 2. The Morgan fingerprint density at radius 3 is 2.55 bits per heavy atom. The van der Waals surface area contributed by atoms with E-state index in [0.29, 0.717) is 6.61 Å². The van der Waals surface area contributed by atoms with Crippen LogP contribution in [0.5, 0.6) is 5.75 Å². The minimum Gasteiger partial charge on any atom is -0.489 e. The van der Waals surface area contributed by atoms with E-state index in [1.807, 2.05) is 24.3 Å². The Labute approximate surface area is 120 Å². The number of hydrogen-bond acceptors (Lipinski definition) is 3. The molecule has 104 valence electrons. The summed E-state index contributed by atoms with van der Waals surface area (Å²) < 4.78 is 5.83. The van der Waals surface area contributed by atoms with Crippen molar-refractivity contribution in [2.24, 2.45) is 5.10 Å². The molecule has 3 nitrogen and oxygen atoms in total. The molecule has 0 bridgehead atoms. The molecule has 0 heterocycles. The lowest BCUT2D eigenvalue weighted by Crippen LogP contribution is -1.99. The molecule has 20 heavy (non-hydrogen) atoms. The molecule has 0 spiro atoms. The van der Waals surface area contributed by atoms with Gasteiger partial charge < -0.3 is 10.2 Å². The first-order valence-electron chi connectivity index (χ1n) is 6.68. The van der Waals surface area contributed by atoms with Crippen LogP contribution in [0.4, 0.5) is 0 Å². The van der Waals surface area contributed by atoms with Crippen LogP contribution in [0, 0.1) is 13.8 Å². The third kappa shape index (κ3) is 3.85. The fourth-order valence-corrected chi connectivity index (χ4v) is 1.91. The Bertz CT molecular complexity index is 588. The van der Waals surface area contributed by atoms with Gasteiger partial charge >= 0.3 is 0 Å². The van der Waals surface area contributed by atoms with Crippen molar-refractivity contribution in [2.75, 3.05) is 7.05 Å². The highest BCUT2D eigenvalue weighted by Gasteiger charge is 2.00. The summed E-state index contributed by atoms with van der Waals surface area (Å²) in [5.41, 5.74) is 7.51. The largest absolute Gasteiger partial charge is 0.489 e. The van der Waals surface area contributed by atoms with Gasteiger partial charge in [-0.25, -0.2) is 0 Å². The zero-order chi connectivity index (χ0) is 14.4. The average Bonchev–Trinajstić information content (AvgIpc) is 2.47. The molecule has 0 fully saturated rings. The Balaban J connectivity index is 2.00. The van der Waals surface area contributed by atoms with Gasteiger partial charge in [0.2, 0.25) is 0 Å². The first kappa shape index (κ1) is 14.1. The Morgan fingerprint density at radius 2 is 1.85 bits per heavy atom. The molecule has 1 N–H and O–H groups in total. The summed E-state index contributed by atoms with van der Waals surface area (Å²) in [4.78, 5) is 0. The van der Waals surface area contributed by atoms with Crippen LogP contribution in [0.1, 0.15) is 22.3 Å². The van der Waals surface area contributed by atoms with Crippen LogP contribution in [0.15, 0.2) is 47.6 Å². The lowest BCUT2D eigenvalue weighted by atomic mass is 10.1. The standard InChI is InChI=1S/C17H20N2O/c1-13-4-5-14(2)16(10-13)12-20-17-8-6-15(7-9-17)11-19-18-3/h4-11,18H,12H2,1-3H3. The monoisotopic (exact) mass is 268 g/mol. The van der Waals surface area contributed by atoms with Crippen LogP contribution in [0.25, 0.3) is 0 Å². The number of nitrogens with one attached hydrogen (secondary N) is 1. The minimum absolute atomic E-state index is 0.595. The van der Waals surface area contributed by atoms with E-state index in [-0.39, 0.29) is 0 Å². The normalized spacial score (nSPS) is 10.8. The predicted molar refractivity (Wildman–Crippen MR) is 83.3 cm³/mol. The summed E-state index contributed by atoms with van der Waals surface area (Å²) in [5.74, 6) is 0.868. The SMILES string of the molecule is CNN=Cc1ccc(OCc2cc(C)ccc2C)cc1. The van der Waals surface area contributed by atoms with Gasteiger partial charge in [-0.15, -0.1) is 0 Å². The van der Waals surface area contributed by atoms with Crippen molar-refractivity contribution in [2.45, 2.75) is 20.5 Å². The van der Waals surface area contributed by atoms with E-state index >= 15 is 0 Å². The zero-order valence-corrected chi connectivity index (χ0v) is 12.2. The maximum absolute atomic E-state index is 5.83. The summed E-state index contributed by atoms with van der Waals surface area (Å²) in [7, 11) is 1.78. The number of hydrogen-bond donors (Lipinski definition) is 1. The summed E-state index contributed by atoms with van der Waals surface area (Å²) in [6.45, 7) is 4.80. The summed E-state index contributed by atoms with van der Waals surface area (Å²) in [5, 5.41) is 3.97. The zero-order valence-electron chi connectivity index (χ0n) is 12.2. The van der Waals surface area contributed by atoms with E-state index in [0.717, 1.165) is 11.3 Å². The molecule has 0 aliphatic heterocycles. The van der Waals surface area contributed by atoms with Gasteiger partial charge in [0.05, 0.1) is 6.21 Å². The van der Waals surface area contributed by atoms with Gasteiger partial charge in [0.1, 0.15) is 12.4 Å². The van der Waals surface area contributed by atoms with Crippen molar-refractivity contribution in [1.29, 1.82) is 0 Å². The highest BCUT2D eigenvalue weighted by Crippen LogP contribution is 2.16. The minimum atomic E-state index is 0.595. The van der Waals surface area contributed by atoms with E-state index in [1.165, 1.54) is 16.7 Å². The lowest BCUT2D eigenvalue weighted by Gasteiger charge is -2.09. The van der Waals surface area contributed by atoms with Crippen LogP contribution in [0.3, 0.4) is 0 Å². The molecule has 2 aromatic rings. The third-order valence-electron chi connectivity index (χ3n) is 3.12. The van der Waals surface area contributed by atoms with Crippen molar-refractivity contribution < 1.29 is 4.74 Å². The predicted octanol–water partition coefficient (Wildman–Crippen LogP) is 3.44. The number of hydrazone groups is 1. The molecule has 0 atom stereocenters. The summed E-state index contributed by atoms with van der Waals surface area (Å²) in [6.07, 6.45) is 1.77. The lowest BCUT2D eigenvalue weighted by molar-refractivity contribution is 0.305. The maximum atomic E-state index is 5.83. The Kier molecular flexibility index (Phi) is 4.77. The molecular weight excluding hydrogens is 248 g/mol. The molecule has 0 saturated heterocycles. The van der Waals surface area contributed by atoms with E-state index in [9.17, 15) is 0 Å². The van der Waals surface area contributed by atoms with E-state index < -0.39 is 0 Å².